The molecule has 1 aliphatic rings. The Bertz CT molecular complexity index is 147. The van der Waals surface area contributed by atoms with Gasteiger partial charge in [0.15, 0.2) is 0 Å². The fraction of sp³-hybridized carbons (Fsp3) is 0.333. The smallest absolute Gasteiger partial charge is 0.0383 e. The maximum Gasteiger partial charge on any atom is 0.0383 e. The summed E-state index contributed by atoms with van der Waals surface area (Å²) in [6, 6.07) is 0. The van der Waals surface area contributed by atoms with E-state index >= 15 is 0 Å². The van der Waals surface area contributed by atoms with Crippen LogP contribution in [0, 0.1) is 0 Å². The third-order valence-corrected chi connectivity index (χ3v) is 1.36. The van der Waals surface area contributed by atoms with Gasteiger partial charge in [0, 0.05) is 10.7 Å². The van der Waals surface area contributed by atoms with Gasteiger partial charge in [-0.2, -0.15) is 0 Å². The first-order valence-electron chi connectivity index (χ1n) is 2.61. The Hall–Kier alpha value is -0.430. The van der Waals surface area contributed by atoms with Crippen LogP contribution < -0.4 is 5.73 Å². The first-order valence-corrected chi connectivity index (χ1v) is 2.98. The average molecular weight is 130 g/mol. The molecule has 0 radical (unpaired) electrons. The SMILES string of the molecule is NC1=CC(Cl)=CCC1. The minimum atomic E-state index is 0.772. The van der Waals surface area contributed by atoms with Gasteiger partial charge in [0.1, 0.15) is 0 Å². The van der Waals surface area contributed by atoms with Crippen molar-refractivity contribution in [2.75, 3.05) is 0 Å². The quantitative estimate of drug-likeness (QED) is 0.530. The van der Waals surface area contributed by atoms with Crippen molar-refractivity contribution in [1.82, 2.24) is 0 Å². The highest BCUT2D eigenvalue weighted by Crippen LogP contribution is 2.15. The Morgan fingerprint density at radius 1 is 1.62 bits per heavy atom. The highest BCUT2D eigenvalue weighted by Gasteiger charge is 1.97. The lowest BCUT2D eigenvalue weighted by molar-refractivity contribution is 0.940. The minimum absolute atomic E-state index is 0.772. The van der Waals surface area contributed by atoms with Crippen LogP contribution in [0.4, 0.5) is 0 Å². The molecule has 0 unspecified atom stereocenters. The molecule has 8 heavy (non-hydrogen) atoms. The van der Waals surface area contributed by atoms with Crippen LogP contribution in [0.15, 0.2) is 22.9 Å². The molecule has 0 spiro atoms. The van der Waals surface area contributed by atoms with Gasteiger partial charge in [-0.25, -0.2) is 0 Å². The van der Waals surface area contributed by atoms with Crippen molar-refractivity contribution in [3.05, 3.63) is 22.9 Å². The summed E-state index contributed by atoms with van der Waals surface area (Å²) in [5, 5.41) is 0.772. The van der Waals surface area contributed by atoms with Crippen molar-refractivity contribution in [2.24, 2.45) is 5.73 Å². The Morgan fingerprint density at radius 2 is 2.38 bits per heavy atom. The molecule has 0 aromatic carbocycles. The van der Waals surface area contributed by atoms with E-state index < -0.39 is 0 Å². The predicted molar refractivity (Wildman–Crippen MR) is 35.4 cm³/mol. The topological polar surface area (TPSA) is 26.0 Å². The number of allylic oxidation sites excluding steroid dienone is 4. The van der Waals surface area contributed by atoms with Crippen molar-refractivity contribution < 1.29 is 0 Å². The van der Waals surface area contributed by atoms with Crippen molar-refractivity contribution in [2.45, 2.75) is 12.8 Å². The molecule has 1 aliphatic carbocycles. The lowest BCUT2D eigenvalue weighted by Gasteiger charge is -2.03. The van der Waals surface area contributed by atoms with Crippen LogP contribution in [0.5, 0.6) is 0 Å². The van der Waals surface area contributed by atoms with Crippen LogP contribution in [0.1, 0.15) is 12.8 Å². The Labute approximate surface area is 53.8 Å². The monoisotopic (exact) mass is 129 g/mol. The summed E-state index contributed by atoms with van der Waals surface area (Å²) >= 11 is 5.62. The normalized spacial score (nSPS) is 19.6. The molecule has 0 fully saturated rings. The zero-order chi connectivity index (χ0) is 5.98. The van der Waals surface area contributed by atoms with Gasteiger partial charge in [0.05, 0.1) is 0 Å². The molecule has 0 aromatic rings. The lowest BCUT2D eigenvalue weighted by atomic mass is 10.1. The lowest BCUT2D eigenvalue weighted by Crippen LogP contribution is -1.98. The average Bonchev–Trinajstić information content (AvgIpc) is 1.64. The molecule has 0 atom stereocenters. The maximum absolute atomic E-state index is 5.62. The summed E-state index contributed by atoms with van der Waals surface area (Å²) in [6.07, 6.45) is 5.71. The minimum Gasteiger partial charge on any atom is -0.402 e. The third kappa shape index (κ3) is 1.27. The Balaban J connectivity index is 2.69. The molecule has 1 rings (SSSR count). The van der Waals surface area contributed by atoms with Gasteiger partial charge in [-0.15, -0.1) is 0 Å². The van der Waals surface area contributed by atoms with Crippen molar-refractivity contribution in [3.63, 3.8) is 0 Å². The van der Waals surface area contributed by atoms with Crippen molar-refractivity contribution in [1.29, 1.82) is 0 Å². The Kier molecular flexibility index (Phi) is 1.59. The van der Waals surface area contributed by atoms with E-state index in [1.54, 1.807) is 6.08 Å². The molecular formula is C6H8ClN. The van der Waals surface area contributed by atoms with Gasteiger partial charge in [0.25, 0.3) is 0 Å². The molecule has 0 saturated carbocycles. The molecule has 0 saturated heterocycles. The summed E-state index contributed by atoms with van der Waals surface area (Å²) in [4.78, 5) is 0. The second-order valence-electron chi connectivity index (χ2n) is 1.85. The zero-order valence-corrected chi connectivity index (χ0v) is 5.28. The van der Waals surface area contributed by atoms with E-state index in [0.29, 0.717) is 0 Å². The van der Waals surface area contributed by atoms with Crippen LogP contribution in [-0.4, -0.2) is 0 Å². The van der Waals surface area contributed by atoms with E-state index in [2.05, 4.69) is 0 Å². The van der Waals surface area contributed by atoms with Gasteiger partial charge in [-0.1, -0.05) is 17.7 Å². The number of halogens is 1. The number of rotatable bonds is 0. The van der Waals surface area contributed by atoms with Crippen LogP contribution in [0.25, 0.3) is 0 Å². The second-order valence-corrected chi connectivity index (χ2v) is 2.28. The zero-order valence-electron chi connectivity index (χ0n) is 4.52. The molecule has 0 aliphatic heterocycles. The van der Waals surface area contributed by atoms with E-state index in [1.807, 2.05) is 6.08 Å². The highest BCUT2D eigenvalue weighted by atomic mass is 35.5. The molecule has 2 N–H and O–H groups in total. The van der Waals surface area contributed by atoms with Gasteiger partial charge < -0.3 is 5.73 Å². The highest BCUT2D eigenvalue weighted by molar-refractivity contribution is 6.31. The van der Waals surface area contributed by atoms with Gasteiger partial charge in [-0.3, -0.25) is 0 Å². The van der Waals surface area contributed by atoms with Gasteiger partial charge in [0.2, 0.25) is 0 Å². The van der Waals surface area contributed by atoms with E-state index in [0.717, 1.165) is 23.6 Å². The molecule has 0 amide bonds. The number of hydrogen-bond donors (Lipinski definition) is 1. The first kappa shape index (κ1) is 5.70. The van der Waals surface area contributed by atoms with Gasteiger partial charge >= 0.3 is 0 Å². The Morgan fingerprint density at radius 3 is 2.75 bits per heavy atom. The maximum atomic E-state index is 5.62. The largest absolute Gasteiger partial charge is 0.402 e. The van der Waals surface area contributed by atoms with Crippen LogP contribution in [-0.2, 0) is 0 Å². The van der Waals surface area contributed by atoms with E-state index in [9.17, 15) is 0 Å². The van der Waals surface area contributed by atoms with Crippen LogP contribution in [0.2, 0.25) is 0 Å². The predicted octanol–water partition coefficient (Wildman–Crippen LogP) is 1.75. The van der Waals surface area contributed by atoms with Crippen molar-refractivity contribution >= 4 is 11.6 Å². The molecular weight excluding hydrogens is 122 g/mol. The summed E-state index contributed by atoms with van der Waals surface area (Å²) in [5.74, 6) is 0. The summed E-state index contributed by atoms with van der Waals surface area (Å²) < 4.78 is 0. The van der Waals surface area contributed by atoms with Gasteiger partial charge in [-0.05, 0) is 18.9 Å². The molecule has 44 valence electrons. The van der Waals surface area contributed by atoms with Crippen LogP contribution in [0.3, 0.4) is 0 Å². The molecule has 0 bridgehead atoms. The van der Waals surface area contributed by atoms with Crippen molar-refractivity contribution in [3.8, 4) is 0 Å². The van der Waals surface area contributed by atoms with Crippen LogP contribution >= 0.6 is 11.6 Å². The van der Waals surface area contributed by atoms with E-state index in [4.69, 9.17) is 17.3 Å². The standard InChI is InChI=1S/C6H8ClN/c7-5-2-1-3-6(8)4-5/h2,4H,1,3,8H2. The fourth-order valence-corrected chi connectivity index (χ4v) is 0.934. The molecule has 1 nitrogen and oxygen atoms in total. The first-order chi connectivity index (χ1) is 3.79. The number of nitrogens with two attached hydrogens (primary N) is 1. The van der Waals surface area contributed by atoms with E-state index in [1.165, 1.54) is 0 Å². The molecule has 2 heteroatoms. The fourth-order valence-electron chi connectivity index (χ4n) is 0.685. The number of hydrogen-bond acceptors (Lipinski definition) is 1. The molecule has 0 aromatic heterocycles. The summed E-state index contributed by atoms with van der Waals surface area (Å²) in [6.45, 7) is 0. The summed E-state index contributed by atoms with van der Waals surface area (Å²) in [5.41, 5.74) is 6.35. The second kappa shape index (κ2) is 2.23. The summed E-state index contributed by atoms with van der Waals surface area (Å²) in [7, 11) is 0. The van der Waals surface area contributed by atoms with E-state index in [-0.39, 0.29) is 0 Å². The molecule has 0 heterocycles. The third-order valence-electron chi connectivity index (χ3n) is 1.10.